The molecule has 2 heterocycles. The number of amides is 2. The van der Waals surface area contributed by atoms with E-state index in [1.54, 1.807) is 4.90 Å². The number of nitrogens with zero attached hydrogens (tertiary/aromatic N) is 2. The zero-order chi connectivity index (χ0) is 20.4. The first-order valence-electron chi connectivity index (χ1n) is 9.40. The van der Waals surface area contributed by atoms with Crippen LogP contribution in [-0.4, -0.2) is 66.5 Å². The summed E-state index contributed by atoms with van der Waals surface area (Å²) < 4.78 is 19.5. The number of carbonyl (C=O) groups excluding carboxylic acids is 3. The summed E-state index contributed by atoms with van der Waals surface area (Å²) >= 11 is 0. The van der Waals surface area contributed by atoms with Gasteiger partial charge in [-0.3, -0.25) is 9.59 Å². The minimum absolute atomic E-state index is 0.0721. The van der Waals surface area contributed by atoms with Gasteiger partial charge in [0.1, 0.15) is 0 Å². The third-order valence-electron chi connectivity index (χ3n) is 5.90. The Labute approximate surface area is 163 Å². The summed E-state index contributed by atoms with van der Waals surface area (Å²) in [4.78, 5) is 40.4. The number of likely N-dealkylation sites (tertiary alicyclic amines) is 2. The molecular formula is C21H25FN2O4. The van der Waals surface area contributed by atoms with Crippen molar-refractivity contribution in [3.8, 4) is 0 Å². The van der Waals surface area contributed by atoms with Crippen molar-refractivity contribution in [2.45, 2.75) is 30.3 Å². The Hall–Kier alpha value is -2.70. The van der Waals surface area contributed by atoms with Crippen molar-refractivity contribution in [1.82, 2.24) is 9.80 Å². The molecule has 3 rings (SSSR count). The van der Waals surface area contributed by atoms with Gasteiger partial charge in [-0.1, -0.05) is 36.9 Å². The van der Waals surface area contributed by atoms with Gasteiger partial charge in [0.25, 0.3) is 0 Å². The Morgan fingerprint density at radius 1 is 1.07 bits per heavy atom. The molecule has 1 aromatic rings. The van der Waals surface area contributed by atoms with E-state index in [1.807, 2.05) is 30.3 Å². The van der Waals surface area contributed by atoms with E-state index in [4.69, 9.17) is 0 Å². The van der Waals surface area contributed by atoms with Crippen molar-refractivity contribution in [2.75, 3.05) is 33.3 Å². The van der Waals surface area contributed by atoms with Crippen LogP contribution in [0.3, 0.4) is 0 Å². The predicted molar refractivity (Wildman–Crippen MR) is 101 cm³/mol. The molecule has 150 valence electrons. The molecular weight excluding hydrogens is 363 g/mol. The first-order valence-corrected chi connectivity index (χ1v) is 9.40. The average Bonchev–Trinajstić information content (AvgIpc) is 3.16. The normalized spacial score (nSPS) is 23.9. The Morgan fingerprint density at radius 3 is 2.25 bits per heavy atom. The number of methoxy groups -OCH3 is 1. The number of rotatable bonds is 4. The lowest BCUT2D eigenvalue weighted by Gasteiger charge is -2.42. The topological polar surface area (TPSA) is 66.9 Å². The zero-order valence-electron chi connectivity index (χ0n) is 16.0. The lowest BCUT2D eigenvalue weighted by atomic mass is 9.71. The lowest BCUT2D eigenvalue weighted by molar-refractivity contribution is -0.154. The van der Waals surface area contributed by atoms with Crippen LogP contribution in [0.25, 0.3) is 0 Å². The van der Waals surface area contributed by atoms with E-state index in [2.05, 4.69) is 11.3 Å². The van der Waals surface area contributed by atoms with E-state index in [9.17, 15) is 18.8 Å². The van der Waals surface area contributed by atoms with Crippen molar-refractivity contribution >= 4 is 17.8 Å². The second-order valence-electron chi connectivity index (χ2n) is 7.41. The van der Waals surface area contributed by atoms with Gasteiger partial charge in [-0.25, -0.2) is 9.18 Å². The van der Waals surface area contributed by atoms with Crippen molar-refractivity contribution in [3.05, 3.63) is 48.6 Å². The standard InChI is InChI=1S/C21H25FN2O4/c1-3-17(25)23-12-9-20(10-13-23,16-7-5-4-6-8-16)18(26)24-14-11-21(22,15-24)19(27)28-2/h3-8H,1,9-15H2,2H3. The molecule has 1 atom stereocenters. The van der Waals surface area contributed by atoms with Crippen molar-refractivity contribution in [1.29, 1.82) is 0 Å². The molecule has 1 aromatic carbocycles. The monoisotopic (exact) mass is 388 g/mol. The smallest absolute Gasteiger partial charge is 0.345 e. The van der Waals surface area contributed by atoms with Gasteiger partial charge in [0.05, 0.1) is 19.1 Å². The molecule has 1 unspecified atom stereocenters. The van der Waals surface area contributed by atoms with E-state index >= 15 is 0 Å². The number of hydrogen-bond acceptors (Lipinski definition) is 4. The molecule has 0 aromatic heterocycles. The summed E-state index contributed by atoms with van der Waals surface area (Å²) in [6.07, 6.45) is 2.07. The highest BCUT2D eigenvalue weighted by molar-refractivity contribution is 5.91. The number of benzene rings is 1. The van der Waals surface area contributed by atoms with Gasteiger partial charge in [0, 0.05) is 26.1 Å². The zero-order valence-corrected chi connectivity index (χ0v) is 16.0. The van der Waals surface area contributed by atoms with Crippen LogP contribution in [0.15, 0.2) is 43.0 Å². The second kappa shape index (κ2) is 7.73. The van der Waals surface area contributed by atoms with Crippen LogP contribution in [0.2, 0.25) is 0 Å². The summed E-state index contributed by atoms with van der Waals surface area (Å²) in [5.41, 5.74) is -2.16. The molecule has 2 fully saturated rings. The van der Waals surface area contributed by atoms with E-state index in [0.29, 0.717) is 25.9 Å². The minimum atomic E-state index is -2.16. The molecule has 0 N–H and O–H groups in total. The first kappa shape index (κ1) is 20.0. The number of carbonyl (C=O) groups is 3. The fourth-order valence-corrected chi connectivity index (χ4v) is 4.22. The van der Waals surface area contributed by atoms with Gasteiger partial charge < -0.3 is 14.5 Å². The molecule has 7 heteroatoms. The molecule has 2 amide bonds. The average molecular weight is 388 g/mol. The summed E-state index contributed by atoms with van der Waals surface area (Å²) in [7, 11) is 1.14. The lowest BCUT2D eigenvalue weighted by Crippen LogP contribution is -2.54. The highest BCUT2D eigenvalue weighted by Crippen LogP contribution is 2.40. The molecule has 0 radical (unpaired) electrons. The Morgan fingerprint density at radius 2 is 1.68 bits per heavy atom. The van der Waals surface area contributed by atoms with Gasteiger partial charge in [0.15, 0.2) is 0 Å². The van der Waals surface area contributed by atoms with Gasteiger partial charge >= 0.3 is 5.97 Å². The van der Waals surface area contributed by atoms with Crippen LogP contribution in [0.5, 0.6) is 0 Å². The highest BCUT2D eigenvalue weighted by Gasteiger charge is 2.52. The molecule has 0 aliphatic carbocycles. The third kappa shape index (κ3) is 3.41. The fourth-order valence-electron chi connectivity index (χ4n) is 4.22. The van der Waals surface area contributed by atoms with Crippen LogP contribution in [-0.2, 0) is 24.5 Å². The van der Waals surface area contributed by atoms with Gasteiger partial charge in [-0.2, -0.15) is 0 Å². The molecule has 2 saturated heterocycles. The van der Waals surface area contributed by atoms with Gasteiger partial charge in [-0.05, 0) is 24.5 Å². The van der Waals surface area contributed by atoms with Crippen LogP contribution >= 0.6 is 0 Å². The molecule has 28 heavy (non-hydrogen) atoms. The van der Waals surface area contributed by atoms with E-state index in [1.165, 1.54) is 11.0 Å². The third-order valence-corrected chi connectivity index (χ3v) is 5.90. The highest BCUT2D eigenvalue weighted by atomic mass is 19.1. The molecule has 2 aliphatic rings. The van der Waals surface area contributed by atoms with Crippen LogP contribution in [0, 0.1) is 0 Å². The number of esters is 1. The van der Waals surface area contributed by atoms with Gasteiger partial charge in [-0.15, -0.1) is 0 Å². The summed E-state index contributed by atoms with van der Waals surface area (Å²) in [5.74, 6) is -1.31. The Balaban J connectivity index is 1.87. The summed E-state index contributed by atoms with van der Waals surface area (Å²) in [6, 6.07) is 9.38. The Bertz CT molecular complexity index is 774. The first-order chi connectivity index (χ1) is 13.4. The molecule has 0 bridgehead atoms. The number of hydrogen-bond donors (Lipinski definition) is 0. The van der Waals surface area contributed by atoms with E-state index < -0.39 is 17.1 Å². The maximum atomic E-state index is 14.9. The number of piperidine rings is 1. The molecule has 0 saturated carbocycles. The SMILES string of the molecule is C=CC(=O)N1CCC(C(=O)N2CCC(F)(C(=O)OC)C2)(c2ccccc2)CC1. The number of halogens is 1. The maximum absolute atomic E-state index is 14.9. The summed E-state index contributed by atoms with van der Waals surface area (Å²) in [6.45, 7) is 4.20. The maximum Gasteiger partial charge on any atom is 0.345 e. The van der Waals surface area contributed by atoms with E-state index in [0.717, 1.165) is 12.7 Å². The van der Waals surface area contributed by atoms with Crippen LogP contribution in [0.1, 0.15) is 24.8 Å². The largest absolute Gasteiger partial charge is 0.467 e. The van der Waals surface area contributed by atoms with Crippen molar-refractivity contribution < 1.29 is 23.5 Å². The quantitative estimate of drug-likeness (QED) is 0.583. The van der Waals surface area contributed by atoms with Crippen LogP contribution < -0.4 is 0 Å². The van der Waals surface area contributed by atoms with Gasteiger partial charge in [0.2, 0.25) is 17.5 Å². The number of alkyl halides is 1. The van der Waals surface area contributed by atoms with Crippen LogP contribution in [0.4, 0.5) is 4.39 Å². The second-order valence-corrected chi connectivity index (χ2v) is 7.41. The van der Waals surface area contributed by atoms with Crippen molar-refractivity contribution in [3.63, 3.8) is 0 Å². The minimum Gasteiger partial charge on any atom is -0.467 e. The molecule has 2 aliphatic heterocycles. The Kier molecular flexibility index (Phi) is 5.54. The van der Waals surface area contributed by atoms with E-state index in [-0.39, 0.29) is 31.3 Å². The number of ether oxygens (including phenoxy) is 1. The van der Waals surface area contributed by atoms with Crippen molar-refractivity contribution in [2.24, 2.45) is 0 Å². The fraction of sp³-hybridized carbons (Fsp3) is 0.476. The molecule has 6 nitrogen and oxygen atoms in total. The predicted octanol–water partition coefficient (Wildman–Crippen LogP) is 1.85. The molecule has 0 spiro atoms. The summed E-state index contributed by atoms with van der Waals surface area (Å²) in [5, 5.41) is 0.